The van der Waals surface area contributed by atoms with Crippen LogP contribution >= 0.6 is 0 Å². The molecular weight excluding hydrogens is 222 g/mol. The molecular formula is C12H27NO4. The maximum Gasteiger partial charge on any atom is 0.0897 e. The zero-order valence-corrected chi connectivity index (χ0v) is 10.9. The summed E-state index contributed by atoms with van der Waals surface area (Å²) in [7, 11) is 1.62. The molecule has 0 aliphatic rings. The molecule has 0 aliphatic carbocycles. The van der Waals surface area contributed by atoms with Gasteiger partial charge in [-0.2, -0.15) is 0 Å². The van der Waals surface area contributed by atoms with Crippen molar-refractivity contribution in [1.29, 1.82) is 0 Å². The lowest BCUT2D eigenvalue weighted by Crippen LogP contribution is -2.31. The fraction of sp³-hybridized carbons (Fsp3) is 1.00. The summed E-state index contributed by atoms with van der Waals surface area (Å²) >= 11 is 0. The Morgan fingerprint density at radius 2 is 1.88 bits per heavy atom. The van der Waals surface area contributed by atoms with E-state index in [9.17, 15) is 5.11 Å². The number of hydrogen-bond donors (Lipinski definition) is 3. The quantitative estimate of drug-likeness (QED) is 0.405. The number of aliphatic hydroxyl groups is 2. The first-order valence-electron chi connectivity index (χ1n) is 6.37. The number of nitrogens with one attached hydrogen (secondary N) is 1. The van der Waals surface area contributed by atoms with E-state index in [0.29, 0.717) is 26.4 Å². The third kappa shape index (κ3) is 13.7. The number of methoxy groups -OCH3 is 1. The van der Waals surface area contributed by atoms with Crippen LogP contribution in [0.25, 0.3) is 0 Å². The number of unbranched alkanes of at least 4 members (excludes halogenated alkanes) is 3. The fourth-order valence-corrected chi connectivity index (χ4v) is 1.40. The molecule has 0 spiro atoms. The number of hydrogen-bond acceptors (Lipinski definition) is 5. The second-order valence-corrected chi connectivity index (χ2v) is 4.06. The van der Waals surface area contributed by atoms with E-state index >= 15 is 0 Å². The van der Waals surface area contributed by atoms with Crippen LogP contribution in [-0.2, 0) is 9.47 Å². The van der Waals surface area contributed by atoms with Gasteiger partial charge < -0.3 is 25.0 Å². The van der Waals surface area contributed by atoms with Crippen LogP contribution in [0.2, 0.25) is 0 Å². The Kier molecular flexibility index (Phi) is 13.7. The van der Waals surface area contributed by atoms with Gasteiger partial charge in [0.15, 0.2) is 0 Å². The van der Waals surface area contributed by atoms with Gasteiger partial charge in [-0.05, 0) is 19.4 Å². The van der Waals surface area contributed by atoms with Gasteiger partial charge >= 0.3 is 0 Å². The molecule has 0 amide bonds. The smallest absolute Gasteiger partial charge is 0.0897 e. The van der Waals surface area contributed by atoms with Crippen LogP contribution in [-0.4, -0.2) is 62.9 Å². The van der Waals surface area contributed by atoms with Crippen LogP contribution in [0.1, 0.15) is 25.7 Å². The van der Waals surface area contributed by atoms with Crippen molar-refractivity contribution in [1.82, 2.24) is 5.32 Å². The average Bonchev–Trinajstić information content (AvgIpc) is 2.33. The van der Waals surface area contributed by atoms with Gasteiger partial charge in [0.05, 0.1) is 25.9 Å². The predicted molar refractivity (Wildman–Crippen MR) is 67.1 cm³/mol. The lowest BCUT2D eigenvalue weighted by molar-refractivity contribution is 0.0138. The summed E-state index contributed by atoms with van der Waals surface area (Å²) < 4.78 is 10.0. The van der Waals surface area contributed by atoms with Gasteiger partial charge in [0.2, 0.25) is 0 Å². The minimum absolute atomic E-state index is 0.283. The molecule has 0 saturated heterocycles. The second kappa shape index (κ2) is 13.9. The average molecular weight is 249 g/mol. The summed E-state index contributed by atoms with van der Waals surface area (Å²) in [5.41, 5.74) is 0. The van der Waals surface area contributed by atoms with E-state index in [0.717, 1.165) is 32.2 Å². The minimum atomic E-state index is -0.454. The number of rotatable bonds is 13. The van der Waals surface area contributed by atoms with Crippen LogP contribution in [0.5, 0.6) is 0 Å². The highest BCUT2D eigenvalue weighted by atomic mass is 16.5. The highest BCUT2D eigenvalue weighted by molar-refractivity contribution is 4.58. The van der Waals surface area contributed by atoms with Crippen LogP contribution in [0.3, 0.4) is 0 Å². The lowest BCUT2D eigenvalue weighted by Gasteiger charge is -2.12. The molecule has 0 bridgehead atoms. The van der Waals surface area contributed by atoms with E-state index in [1.807, 2.05) is 0 Å². The first-order chi connectivity index (χ1) is 8.31. The molecule has 0 fully saturated rings. The van der Waals surface area contributed by atoms with E-state index in [4.69, 9.17) is 14.6 Å². The Morgan fingerprint density at radius 1 is 1.12 bits per heavy atom. The topological polar surface area (TPSA) is 71.0 Å². The van der Waals surface area contributed by atoms with Gasteiger partial charge in [-0.1, -0.05) is 12.8 Å². The monoisotopic (exact) mass is 249 g/mol. The Bertz CT molecular complexity index is 146. The van der Waals surface area contributed by atoms with E-state index in [-0.39, 0.29) is 6.61 Å². The number of ether oxygens (including phenoxy) is 2. The highest BCUT2D eigenvalue weighted by Gasteiger charge is 2.02. The van der Waals surface area contributed by atoms with Crippen LogP contribution in [0.15, 0.2) is 0 Å². The Morgan fingerprint density at radius 3 is 2.59 bits per heavy atom. The van der Waals surface area contributed by atoms with E-state index in [1.54, 1.807) is 7.11 Å². The van der Waals surface area contributed by atoms with Gasteiger partial charge in [-0.3, -0.25) is 0 Å². The maximum absolute atomic E-state index is 9.53. The van der Waals surface area contributed by atoms with Crippen molar-refractivity contribution in [3.63, 3.8) is 0 Å². The second-order valence-electron chi connectivity index (χ2n) is 4.06. The highest BCUT2D eigenvalue weighted by Crippen LogP contribution is 1.97. The lowest BCUT2D eigenvalue weighted by atomic mass is 10.2. The standard InChI is InChI=1S/C12H27NO4/c1-16-8-9-17-11-12(15)10-13-6-4-2-3-5-7-14/h12-15H,2-11H2,1H3. The molecule has 5 nitrogen and oxygen atoms in total. The normalized spacial score (nSPS) is 12.9. The summed E-state index contributed by atoms with van der Waals surface area (Å²) in [6.45, 7) is 3.18. The molecule has 0 radical (unpaired) electrons. The van der Waals surface area contributed by atoms with Crippen molar-refractivity contribution in [3.05, 3.63) is 0 Å². The summed E-state index contributed by atoms with van der Waals surface area (Å²) in [5, 5.41) is 21.3. The molecule has 0 aromatic rings. The molecule has 0 heterocycles. The maximum atomic E-state index is 9.53. The molecule has 0 aliphatic heterocycles. The van der Waals surface area contributed by atoms with Crippen molar-refractivity contribution in [3.8, 4) is 0 Å². The fourth-order valence-electron chi connectivity index (χ4n) is 1.40. The molecule has 0 aromatic carbocycles. The van der Waals surface area contributed by atoms with E-state index in [1.165, 1.54) is 0 Å². The van der Waals surface area contributed by atoms with Crippen molar-refractivity contribution in [2.75, 3.05) is 46.6 Å². The Labute approximate surface area is 104 Å². The van der Waals surface area contributed by atoms with Gasteiger partial charge in [0.1, 0.15) is 0 Å². The Hall–Kier alpha value is -0.200. The largest absolute Gasteiger partial charge is 0.396 e. The summed E-state index contributed by atoms with van der Waals surface area (Å²) in [5.74, 6) is 0. The van der Waals surface area contributed by atoms with Crippen molar-refractivity contribution < 1.29 is 19.7 Å². The summed E-state index contributed by atoms with van der Waals surface area (Å²) in [6.07, 6.45) is 3.70. The van der Waals surface area contributed by atoms with Crippen molar-refractivity contribution in [2.45, 2.75) is 31.8 Å². The molecule has 17 heavy (non-hydrogen) atoms. The molecule has 1 atom stereocenters. The van der Waals surface area contributed by atoms with Gasteiger partial charge in [0.25, 0.3) is 0 Å². The Balaban J connectivity index is 3.08. The molecule has 3 N–H and O–H groups in total. The summed E-state index contributed by atoms with van der Waals surface area (Å²) in [4.78, 5) is 0. The zero-order valence-electron chi connectivity index (χ0n) is 10.9. The third-order valence-corrected chi connectivity index (χ3v) is 2.38. The molecule has 5 heteroatoms. The van der Waals surface area contributed by atoms with E-state index in [2.05, 4.69) is 5.32 Å². The van der Waals surface area contributed by atoms with Crippen LogP contribution < -0.4 is 5.32 Å². The molecule has 0 aromatic heterocycles. The molecule has 104 valence electrons. The third-order valence-electron chi connectivity index (χ3n) is 2.38. The number of aliphatic hydroxyl groups excluding tert-OH is 2. The zero-order chi connectivity index (χ0) is 12.8. The first-order valence-corrected chi connectivity index (χ1v) is 6.37. The SMILES string of the molecule is COCCOCC(O)CNCCCCCCO. The van der Waals surface area contributed by atoms with Gasteiger partial charge in [0, 0.05) is 20.3 Å². The van der Waals surface area contributed by atoms with Crippen molar-refractivity contribution in [2.24, 2.45) is 0 Å². The molecule has 0 saturated carbocycles. The van der Waals surface area contributed by atoms with Gasteiger partial charge in [-0.25, -0.2) is 0 Å². The van der Waals surface area contributed by atoms with Gasteiger partial charge in [-0.15, -0.1) is 0 Å². The van der Waals surface area contributed by atoms with E-state index < -0.39 is 6.10 Å². The van der Waals surface area contributed by atoms with Crippen molar-refractivity contribution >= 4 is 0 Å². The summed E-state index contributed by atoms with van der Waals surface area (Å²) in [6, 6.07) is 0. The van der Waals surface area contributed by atoms with Crippen LogP contribution in [0, 0.1) is 0 Å². The predicted octanol–water partition coefficient (Wildman–Crippen LogP) is 0.153. The van der Waals surface area contributed by atoms with Crippen LogP contribution in [0.4, 0.5) is 0 Å². The molecule has 1 unspecified atom stereocenters. The molecule has 0 rings (SSSR count). The first kappa shape index (κ1) is 16.8. The minimum Gasteiger partial charge on any atom is -0.396 e.